The molecule has 1 aromatic heterocycles. The molecule has 1 aromatic rings. The van der Waals surface area contributed by atoms with Crippen LogP contribution >= 0.6 is 11.3 Å². The second kappa shape index (κ2) is 3.85. The highest BCUT2D eigenvalue weighted by Gasteiger charge is 2.07. The van der Waals surface area contributed by atoms with Gasteiger partial charge < -0.3 is 4.84 Å². The number of hydrogen-bond donors (Lipinski definition) is 1. The summed E-state index contributed by atoms with van der Waals surface area (Å²) in [5.41, 5.74) is 4.23. The highest BCUT2D eigenvalue weighted by molar-refractivity contribution is 7.10. The lowest BCUT2D eigenvalue weighted by atomic mass is 10.2. The van der Waals surface area contributed by atoms with Crippen molar-refractivity contribution in [3.05, 3.63) is 21.9 Å². The fourth-order valence-corrected chi connectivity index (χ4v) is 1.98. The fraction of sp³-hybridized carbons (Fsp3) is 0.500. The van der Waals surface area contributed by atoms with Crippen molar-refractivity contribution < 1.29 is 4.84 Å². The Balaban J connectivity index is 2.67. The summed E-state index contributed by atoms with van der Waals surface area (Å²) in [4.78, 5) is 6.18. The molecule has 0 saturated carbocycles. The van der Waals surface area contributed by atoms with Gasteiger partial charge in [-0.15, -0.1) is 11.3 Å². The summed E-state index contributed by atoms with van der Waals surface area (Å²) in [5.74, 6) is 0. The van der Waals surface area contributed by atoms with Crippen molar-refractivity contribution >= 4 is 11.3 Å². The van der Waals surface area contributed by atoms with E-state index in [2.05, 4.69) is 30.8 Å². The van der Waals surface area contributed by atoms with Crippen LogP contribution in [0.5, 0.6) is 0 Å². The van der Waals surface area contributed by atoms with Crippen molar-refractivity contribution in [3.63, 3.8) is 0 Å². The first-order chi connectivity index (χ1) is 5.25. The third kappa shape index (κ3) is 2.02. The van der Waals surface area contributed by atoms with Gasteiger partial charge in [-0.1, -0.05) is 0 Å². The van der Waals surface area contributed by atoms with Crippen LogP contribution in [0.4, 0.5) is 0 Å². The Bertz CT molecular complexity index is 222. The number of aryl methyl sites for hydroxylation is 1. The summed E-state index contributed by atoms with van der Waals surface area (Å²) in [6, 6.07) is 2.41. The van der Waals surface area contributed by atoms with E-state index in [0.717, 1.165) is 0 Å². The van der Waals surface area contributed by atoms with Gasteiger partial charge in [0.1, 0.15) is 0 Å². The molecular weight excluding hydrogens is 158 g/mol. The monoisotopic (exact) mass is 171 g/mol. The molecule has 1 heterocycles. The van der Waals surface area contributed by atoms with Gasteiger partial charge in [0.25, 0.3) is 0 Å². The summed E-state index contributed by atoms with van der Waals surface area (Å²) in [6.07, 6.45) is 0. The zero-order chi connectivity index (χ0) is 8.27. The van der Waals surface area contributed by atoms with Crippen molar-refractivity contribution in [2.45, 2.75) is 19.9 Å². The van der Waals surface area contributed by atoms with E-state index < -0.39 is 0 Å². The summed E-state index contributed by atoms with van der Waals surface area (Å²) in [7, 11) is 1.64. The zero-order valence-electron chi connectivity index (χ0n) is 7.05. The summed E-state index contributed by atoms with van der Waals surface area (Å²) in [6.45, 7) is 4.20. The van der Waals surface area contributed by atoms with E-state index in [9.17, 15) is 0 Å². The maximum absolute atomic E-state index is 4.84. The zero-order valence-corrected chi connectivity index (χ0v) is 7.87. The van der Waals surface area contributed by atoms with Crippen molar-refractivity contribution in [2.24, 2.45) is 0 Å². The van der Waals surface area contributed by atoms with Gasteiger partial charge in [0.2, 0.25) is 0 Å². The molecule has 0 aliphatic heterocycles. The highest BCUT2D eigenvalue weighted by Crippen LogP contribution is 2.22. The topological polar surface area (TPSA) is 21.3 Å². The number of hydroxylamine groups is 1. The molecule has 1 N–H and O–H groups in total. The van der Waals surface area contributed by atoms with Crippen LogP contribution in [-0.2, 0) is 4.84 Å². The minimum Gasteiger partial charge on any atom is -0.305 e. The fourth-order valence-electron chi connectivity index (χ4n) is 1.06. The molecular formula is C8H13NOS. The first-order valence-electron chi connectivity index (χ1n) is 3.58. The van der Waals surface area contributed by atoms with Crippen molar-refractivity contribution in [3.8, 4) is 0 Å². The number of hydrogen-bond acceptors (Lipinski definition) is 3. The quantitative estimate of drug-likeness (QED) is 0.704. The van der Waals surface area contributed by atoms with Crippen LogP contribution in [0.3, 0.4) is 0 Å². The summed E-state index contributed by atoms with van der Waals surface area (Å²) in [5, 5.41) is 2.10. The molecule has 1 atom stereocenters. The third-order valence-corrected chi connectivity index (χ3v) is 2.79. The average molecular weight is 171 g/mol. The maximum Gasteiger partial charge on any atom is 0.0638 e. The molecule has 0 aromatic carbocycles. The molecule has 1 rings (SSSR count). The molecule has 0 saturated heterocycles. The van der Waals surface area contributed by atoms with E-state index in [-0.39, 0.29) is 0 Å². The van der Waals surface area contributed by atoms with Gasteiger partial charge in [0.05, 0.1) is 13.2 Å². The molecule has 11 heavy (non-hydrogen) atoms. The van der Waals surface area contributed by atoms with E-state index in [1.54, 1.807) is 18.4 Å². The van der Waals surface area contributed by atoms with Crippen molar-refractivity contribution in [1.29, 1.82) is 0 Å². The normalized spacial score (nSPS) is 13.4. The average Bonchev–Trinajstić information content (AvgIpc) is 2.36. The molecule has 62 valence electrons. The second-order valence-corrected chi connectivity index (χ2v) is 3.46. The Morgan fingerprint density at radius 3 is 2.82 bits per heavy atom. The van der Waals surface area contributed by atoms with E-state index in [1.807, 2.05) is 0 Å². The molecule has 0 spiro atoms. The van der Waals surface area contributed by atoms with Crippen LogP contribution in [0.15, 0.2) is 11.4 Å². The summed E-state index contributed by atoms with van der Waals surface area (Å²) >= 11 is 1.76. The maximum atomic E-state index is 4.84. The number of nitrogens with one attached hydrogen (secondary N) is 1. The van der Waals surface area contributed by atoms with Gasteiger partial charge in [-0.25, -0.2) is 0 Å². The lowest BCUT2D eigenvalue weighted by Gasteiger charge is -2.10. The Hall–Kier alpha value is -0.380. The molecule has 1 unspecified atom stereocenters. The van der Waals surface area contributed by atoms with Crippen LogP contribution in [0.25, 0.3) is 0 Å². The lowest BCUT2D eigenvalue weighted by Crippen LogP contribution is -2.16. The first kappa shape index (κ1) is 8.71. The molecule has 0 aliphatic carbocycles. The Morgan fingerprint density at radius 1 is 1.64 bits per heavy atom. The van der Waals surface area contributed by atoms with Crippen LogP contribution < -0.4 is 5.48 Å². The van der Waals surface area contributed by atoms with Gasteiger partial charge in [-0.2, -0.15) is 5.48 Å². The Labute approximate surface area is 71.1 Å². The van der Waals surface area contributed by atoms with Gasteiger partial charge in [-0.05, 0) is 30.9 Å². The van der Waals surface area contributed by atoms with Gasteiger partial charge in [-0.3, -0.25) is 0 Å². The van der Waals surface area contributed by atoms with E-state index >= 15 is 0 Å². The predicted octanol–water partition coefficient (Wildman–Crippen LogP) is 2.27. The SMILES string of the molecule is CONC(C)c1sccc1C. The molecule has 0 amide bonds. The molecule has 2 nitrogen and oxygen atoms in total. The van der Waals surface area contributed by atoms with Gasteiger partial charge in [0.15, 0.2) is 0 Å². The van der Waals surface area contributed by atoms with Gasteiger partial charge >= 0.3 is 0 Å². The highest BCUT2D eigenvalue weighted by atomic mass is 32.1. The van der Waals surface area contributed by atoms with E-state index in [0.29, 0.717) is 6.04 Å². The van der Waals surface area contributed by atoms with Gasteiger partial charge in [0, 0.05) is 4.88 Å². The van der Waals surface area contributed by atoms with Crippen molar-refractivity contribution in [1.82, 2.24) is 5.48 Å². The smallest absolute Gasteiger partial charge is 0.0638 e. The number of thiophene rings is 1. The third-order valence-electron chi connectivity index (χ3n) is 1.59. The van der Waals surface area contributed by atoms with E-state index in [4.69, 9.17) is 4.84 Å². The standard InChI is InChI=1S/C8H13NOS/c1-6-4-5-11-8(6)7(2)9-10-3/h4-5,7,9H,1-3H3. The van der Waals surface area contributed by atoms with Crippen LogP contribution in [0.2, 0.25) is 0 Å². The molecule has 0 bridgehead atoms. The lowest BCUT2D eigenvalue weighted by molar-refractivity contribution is 0.0667. The second-order valence-electron chi connectivity index (χ2n) is 2.51. The van der Waals surface area contributed by atoms with Crippen LogP contribution in [0.1, 0.15) is 23.4 Å². The Kier molecular flexibility index (Phi) is 3.05. The molecule has 0 aliphatic rings. The minimum atomic E-state index is 0.292. The minimum absolute atomic E-state index is 0.292. The Morgan fingerprint density at radius 2 is 2.36 bits per heavy atom. The molecule has 0 fully saturated rings. The predicted molar refractivity (Wildman–Crippen MR) is 47.6 cm³/mol. The van der Waals surface area contributed by atoms with Crippen molar-refractivity contribution in [2.75, 3.05) is 7.11 Å². The van der Waals surface area contributed by atoms with Crippen LogP contribution in [0, 0.1) is 6.92 Å². The molecule has 3 heteroatoms. The largest absolute Gasteiger partial charge is 0.305 e. The van der Waals surface area contributed by atoms with Crippen LogP contribution in [-0.4, -0.2) is 7.11 Å². The van der Waals surface area contributed by atoms with E-state index in [1.165, 1.54) is 10.4 Å². The molecule has 0 radical (unpaired) electrons. The number of rotatable bonds is 3. The summed E-state index contributed by atoms with van der Waals surface area (Å²) < 4.78 is 0. The first-order valence-corrected chi connectivity index (χ1v) is 4.46.